The Labute approximate surface area is 184 Å². The summed E-state index contributed by atoms with van der Waals surface area (Å²) in [6, 6.07) is 0. The van der Waals surface area contributed by atoms with Crippen LogP contribution in [-0.2, 0) is 9.53 Å². The summed E-state index contributed by atoms with van der Waals surface area (Å²) in [5, 5.41) is 10.2. The maximum absolute atomic E-state index is 15.4. The van der Waals surface area contributed by atoms with Crippen molar-refractivity contribution in [3.05, 3.63) is 41.2 Å². The largest absolute Gasteiger partial charge is 0.373 e. The molecule has 8 nitrogen and oxygen atoms in total. The zero-order valence-corrected chi connectivity index (χ0v) is 17.4. The van der Waals surface area contributed by atoms with Gasteiger partial charge in [-0.15, -0.1) is 0 Å². The van der Waals surface area contributed by atoms with Crippen LogP contribution < -0.4 is 5.32 Å². The van der Waals surface area contributed by atoms with E-state index in [0.29, 0.717) is 46.4 Å². The fourth-order valence-corrected chi connectivity index (χ4v) is 4.54. The van der Waals surface area contributed by atoms with E-state index in [1.807, 2.05) is 0 Å². The average molecular weight is 459 g/mol. The maximum atomic E-state index is 15.4. The van der Waals surface area contributed by atoms with Crippen molar-refractivity contribution < 1.29 is 18.3 Å². The van der Waals surface area contributed by atoms with Crippen LogP contribution >= 0.6 is 11.6 Å². The number of nitrogens with zero attached hydrogens (tertiary/aromatic N) is 4. The van der Waals surface area contributed by atoms with Crippen molar-refractivity contribution in [1.29, 1.82) is 0 Å². The zero-order chi connectivity index (χ0) is 22.0. The molecular formula is C21H17ClF2N6O2. The number of H-pyrrole nitrogens is 1. The van der Waals surface area contributed by atoms with Crippen LogP contribution in [0, 0.1) is 11.7 Å². The van der Waals surface area contributed by atoms with Crippen LogP contribution in [0.25, 0.3) is 27.8 Å². The Bertz CT molecular complexity index is 1380. The number of aromatic nitrogens is 5. The Kier molecular flexibility index (Phi) is 4.41. The molecule has 1 saturated carbocycles. The van der Waals surface area contributed by atoms with Gasteiger partial charge in [0.15, 0.2) is 11.5 Å². The molecule has 1 amide bonds. The lowest BCUT2D eigenvalue weighted by Crippen LogP contribution is -2.15. The normalized spacial score (nSPS) is 22.7. The van der Waals surface area contributed by atoms with E-state index in [2.05, 4.69) is 25.5 Å². The number of hydrogen-bond acceptors (Lipinski definition) is 5. The van der Waals surface area contributed by atoms with Crippen molar-refractivity contribution in [2.24, 2.45) is 5.92 Å². The molecule has 4 heterocycles. The van der Waals surface area contributed by atoms with Gasteiger partial charge in [0, 0.05) is 29.3 Å². The van der Waals surface area contributed by atoms with Gasteiger partial charge >= 0.3 is 0 Å². The maximum Gasteiger partial charge on any atom is 0.231 e. The number of halogens is 3. The smallest absolute Gasteiger partial charge is 0.231 e. The van der Waals surface area contributed by atoms with Gasteiger partial charge in [0.1, 0.15) is 12.0 Å². The third-order valence-corrected chi connectivity index (χ3v) is 6.33. The Morgan fingerprint density at radius 3 is 2.94 bits per heavy atom. The number of ether oxygens (including phenoxy) is 1. The van der Waals surface area contributed by atoms with Crippen LogP contribution in [0.5, 0.6) is 0 Å². The predicted molar refractivity (Wildman–Crippen MR) is 113 cm³/mol. The predicted octanol–water partition coefficient (Wildman–Crippen LogP) is 4.21. The molecule has 2 fully saturated rings. The number of alkyl halides is 1. The highest BCUT2D eigenvalue weighted by Crippen LogP contribution is 2.43. The Balaban J connectivity index is 1.42. The van der Waals surface area contributed by atoms with Crippen LogP contribution in [0.15, 0.2) is 24.8 Å². The summed E-state index contributed by atoms with van der Waals surface area (Å²) in [7, 11) is 0. The number of amides is 1. The van der Waals surface area contributed by atoms with Crippen molar-refractivity contribution >= 4 is 39.9 Å². The summed E-state index contributed by atoms with van der Waals surface area (Å²) in [5.41, 5.74) is 2.18. The number of aromatic amines is 1. The molecule has 6 rings (SSSR count). The number of hydrogen-bond donors (Lipinski definition) is 2. The van der Waals surface area contributed by atoms with Gasteiger partial charge in [0.05, 0.1) is 46.8 Å². The lowest BCUT2D eigenvalue weighted by atomic mass is 9.98. The summed E-state index contributed by atoms with van der Waals surface area (Å²) in [5.74, 6) is -1.29. The minimum Gasteiger partial charge on any atom is -0.373 e. The van der Waals surface area contributed by atoms with E-state index < -0.39 is 23.8 Å². The van der Waals surface area contributed by atoms with Gasteiger partial charge in [-0.05, 0) is 19.3 Å². The third kappa shape index (κ3) is 3.05. The number of rotatable bonds is 4. The minimum absolute atomic E-state index is 0.0624. The molecule has 4 aromatic rings. The van der Waals surface area contributed by atoms with Gasteiger partial charge in [0.25, 0.3) is 0 Å². The highest BCUT2D eigenvalue weighted by Gasteiger charge is 2.43. The van der Waals surface area contributed by atoms with Crippen LogP contribution in [0.3, 0.4) is 0 Å². The Morgan fingerprint density at radius 2 is 2.19 bits per heavy atom. The number of fused-ring (bicyclic) bond motifs is 2. The number of anilines is 1. The topological polar surface area (TPSA) is 97.2 Å². The monoisotopic (exact) mass is 458 g/mol. The van der Waals surface area contributed by atoms with Gasteiger partial charge in [-0.25, -0.2) is 13.8 Å². The first kappa shape index (κ1) is 19.6. The standard InChI is InChI=1S/C21H17ClF2N6O2/c22-18-16(10-5-26-29-20(10)17(19(18)24)13-2-1-3-32-13)12-7-30-8-14(27-15(30)6-25-12)28-21(31)9-4-11(9)23/h5-9,11,13H,1-4H2,(H,26,29)(H,28,31). The van der Waals surface area contributed by atoms with Crippen LogP contribution in [0.4, 0.5) is 14.6 Å². The number of carbonyl (C=O) groups is 1. The average Bonchev–Trinajstić information content (AvgIpc) is 3.21. The van der Waals surface area contributed by atoms with Crippen LogP contribution in [0.1, 0.15) is 30.9 Å². The van der Waals surface area contributed by atoms with Gasteiger partial charge in [-0.2, -0.15) is 5.10 Å². The first-order chi connectivity index (χ1) is 15.5. The van der Waals surface area contributed by atoms with E-state index in [1.165, 1.54) is 6.20 Å². The molecule has 2 aliphatic rings. The second-order valence-electron chi connectivity index (χ2n) is 8.09. The quantitative estimate of drug-likeness (QED) is 0.477. The first-order valence-corrected chi connectivity index (χ1v) is 10.6. The molecule has 32 heavy (non-hydrogen) atoms. The summed E-state index contributed by atoms with van der Waals surface area (Å²) in [4.78, 5) is 20.7. The van der Waals surface area contributed by atoms with Gasteiger partial charge < -0.3 is 14.5 Å². The van der Waals surface area contributed by atoms with E-state index >= 15 is 4.39 Å². The number of benzene rings is 1. The summed E-state index contributed by atoms with van der Waals surface area (Å²) < 4.78 is 35.8. The van der Waals surface area contributed by atoms with Gasteiger partial charge in [-0.1, -0.05) is 11.6 Å². The molecule has 11 heteroatoms. The van der Waals surface area contributed by atoms with Gasteiger partial charge in [0.2, 0.25) is 5.91 Å². The molecule has 0 bridgehead atoms. The molecule has 3 atom stereocenters. The highest BCUT2D eigenvalue weighted by atomic mass is 35.5. The van der Waals surface area contributed by atoms with Gasteiger partial charge in [-0.3, -0.25) is 14.9 Å². The van der Waals surface area contributed by atoms with Crippen LogP contribution in [0.2, 0.25) is 5.02 Å². The zero-order valence-electron chi connectivity index (χ0n) is 16.6. The third-order valence-electron chi connectivity index (χ3n) is 5.98. The molecule has 0 radical (unpaired) electrons. The van der Waals surface area contributed by atoms with Crippen molar-refractivity contribution in [2.75, 3.05) is 11.9 Å². The second kappa shape index (κ2) is 7.21. The molecule has 3 aromatic heterocycles. The molecule has 3 unspecified atom stereocenters. The van der Waals surface area contributed by atoms with E-state index in [1.54, 1.807) is 23.0 Å². The molecule has 1 aliphatic carbocycles. The van der Waals surface area contributed by atoms with Crippen molar-refractivity contribution in [3.8, 4) is 11.3 Å². The second-order valence-corrected chi connectivity index (χ2v) is 8.47. The number of carbonyl (C=O) groups excluding carboxylic acids is 1. The summed E-state index contributed by atoms with van der Waals surface area (Å²) in [6.07, 6.45) is 6.64. The Hall–Kier alpha value is -3.11. The SMILES string of the molecule is O=C(Nc1cn2cc(-c3c(Cl)c(F)c(C4CCCO4)c4[nH]ncc34)ncc2n1)C1CC1F. The first-order valence-electron chi connectivity index (χ1n) is 10.3. The lowest BCUT2D eigenvalue weighted by Gasteiger charge is -2.16. The molecule has 1 aromatic carbocycles. The van der Waals surface area contributed by atoms with E-state index in [9.17, 15) is 9.18 Å². The number of nitrogens with one attached hydrogen (secondary N) is 2. The molecule has 2 N–H and O–H groups in total. The van der Waals surface area contributed by atoms with E-state index in [-0.39, 0.29) is 23.4 Å². The lowest BCUT2D eigenvalue weighted by molar-refractivity contribution is -0.117. The van der Waals surface area contributed by atoms with E-state index in [0.717, 1.165) is 6.42 Å². The molecular weight excluding hydrogens is 442 g/mol. The van der Waals surface area contributed by atoms with Crippen molar-refractivity contribution in [3.63, 3.8) is 0 Å². The fraction of sp³-hybridized carbons (Fsp3) is 0.333. The van der Waals surface area contributed by atoms with Crippen molar-refractivity contribution in [2.45, 2.75) is 31.5 Å². The number of imidazole rings is 1. The Morgan fingerprint density at radius 1 is 1.34 bits per heavy atom. The molecule has 1 aliphatic heterocycles. The molecule has 1 saturated heterocycles. The van der Waals surface area contributed by atoms with E-state index in [4.69, 9.17) is 16.3 Å². The van der Waals surface area contributed by atoms with Crippen LogP contribution in [-0.4, -0.2) is 43.3 Å². The highest BCUT2D eigenvalue weighted by molar-refractivity contribution is 6.35. The summed E-state index contributed by atoms with van der Waals surface area (Å²) in [6.45, 7) is 0.573. The van der Waals surface area contributed by atoms with Crippen molar-refractivity contribution in [1.82, 2.24) is 24.6 Å². The summed E-state index contributed by atoms with van der Waals surface area (Å²) >= 11 is 6.50. The fourth-order valence-electron chi connectivity index (χ4n) is 4.24. The minimum atomic E-state index is -1.09. The molecule has 0 spiro atoms. The molecule has 164 valence electrons.